The van der Waals surface area contributed by atoms with Crippen LogP contribution in [0.5, 0.6) is 0 Å². The Morgan fingerprint density at radius 2 is 1.71 bits per heavy atom. The third kappa shape index (κ3) is 9.35. The lowest BCUT2D eigenvalue weighted by Gasteiger charge is -2.47. The normalized spacial score (nSPS) is 41.9. The lowest BCUT2D eigenvalue weighted by molar-refractivity contribution is -0.296. The van der Waals surface area contributed by atoms with Gasteiger partial charge in [0.15, 0.2) is 12.1 Å². The molecule has 306 valence electrons. The van der Waals surface area contributed by atoms with Crippen molar-refractivity contribution in [1.82, 2.24) is 9.88 Å². The van der Waals surface area contributed by atoms with Crippen molar-refractivity contribution in [1.29, 1.82) is 0 Å². The third-order valence-corrected chi connectivity index (χ3v) is 11.8. The SMILES string of the molecule is CC[C@H]1OC(=O)[C@H](C)C(=O)[C@H](C)[C@@H](O[C@@H]2O[C@H](C)C[C@H](N(C)C)[C@H]2O)[C@@]2(C)C[C@@H](C)C3=NC(=O)C(Cc4ccncc4)O/N=C(\CO[C@@H]([C@@H]3C)[C@]1(C)O)CO2. The highest BCUT2D eigenvalue weighted by molar-refractivity contribution is 6.01. The summed E-state index contributed by atoms with van der Waals surface area (Å²) in [5.74, 6) is -5.37. The second-order valence-corrected chi connectivity index (χ2v) is 16.5. The Hall–Kier alpha value is -3.18. The number of oxime groups is 1. The van der Waals surface area contributed by atoms with E-state index in [2.05, 4.69) is 10.1 Å². The number of aliphatic imine (C=N–C) groups is 1. The summed E-state index contributed by atoms with van der Waals surface area (Å²) in [6.45, 7) is 13.5. The van der Waals surface area contributed by atoms with Crippen molar-refractivity contribution in [3.63, 3.8) is 0 Å². The summed E-state index contributed by atoms with van der Waals surface area (Å²) in [5.41, 5.74) is -1.74. The molecule has 55 heavy (non-hydrogen) atoms. The molecule has 0 aliphatic carbocycles. The van der Waals surface area contributed by atoms with E-state index in [1.807, 2.05) is 39.8 Å². The number of carbonyl (C=O) groups excluding carboxylic acids is 3. The van der Waals surface area contributed by atoms with Crippen molar-refractivity contribution in [2.24, 2.45) is 33.8 Å². The summed E-state index contributed by atoms with van der Waals surface area (Å²) < 4.78 is 32.3. The number of ether oxygens (including phenoxy) is 5. The van der Waals surface area contributed by atoms with Crippen LogP contribution in [-0.4, -0.2) is 137 Å². The predicted octanol–water partition coefficient (Wildman–Crippen LogP) is 2.92. The predicted molar refractivity (Wildman–Crippen MR) is 201 cm³/mol. The molecule has 1 aromatic rings. The van der Waals surface area contributed by atoms with Crippen LogP contribution < -0.4 is 0 Å². The highest BCUT2D eigenvalue weighted by Crippen LogP contribution is 2.40. The van der Waals surface area contributed by atoms with Crippen LogP contribution >= 0.6 is 0 Å². The number of carbonyl (C=O) groups is 3. The first-order chi connectivity index (χ1) is 25.9. The number of Topliss-reactive ketones (excluding diaryl/α,β-unsaturated/α-hetero) is 1. The maximum absolute atomic E-state index is 14.4. The Labute approximate surface area is 324 Å². The molecule has 3 fully saturated rings. The number of aromatic nitrogens is 1. The summed E-state index contributed by atoms with van der Waals surface area (Å²) >= 11 is 0. The van der Waals surface area contributed by atoms with Gasteiger partial charge in [-0.2, -0.15) is 0 Å². The van der Waals surface area contributed by atoms with Crippen molar-refractivity contribution < 1.29 is 53.1 Å². The van der Waals surface area contributed by atoms with E-state index in [0.29, 0.717) is 12.1 Å². The standard InChI is InChI=1S/C40H60N4O11/c1-11-30-40(8,49)35-23(4)31-21(2)18-39(7,51-20-27(19-50-35)43-55-29(36(47)42-31)17-26-12-14-41-15-13-26)34(24(5)32(45)25(6)37(48)53-30)54-38-33(46)28(44(9)10)16-22(3)52-38/h12-15,21-25,28-30,33-35,38,46,49H,11,16-20H2,1-10H3/b42-31?,43-27+/t21-,22-,23-,24+,25-,28+,29?,30-,33-,34-,35+,38+,39-,40-/m1/s1. The summed E-state index contributed by atoms with van der Waals surface area (Å²) in [5, 5.41) is 28.3. The number of pyridine rings is 1. The largest absolute Gasteiger partial charge is 0.459 e. The van der Waals surface area contributed by atoms with Crippen LogP contribution in [-0.2, 0) is 49.3 Å². The average Bonchev–Trinajstić information content (AvgIpc) is 3.17. The minimum Gasteiger partial charge on any atom is -0.459 e. The number of esters is 1. The van der Waals surface area contributed by atoms with Crippen LogP contribution in [0, 0.1) is 23.7 Å². The molecule has 0 radical (unpaired) electrons. The number of fused-ring (bicyclic) bond motifs is 4. The molecule has 4 aliphatic rings. The molecule has 2 N–H and O–H groups in total. The van der Waals surface area contributed by atoms with E-state index in [9.17, 15) is 24.6 Å². The molecule has 1 unspecified atom stereocenters. The molecule has 15 nitrogen and oxygen atoms in total. The van der Waals surface area contributed by atoms with Gasteiger partial charge in [-0.15, -0.1) is 0 Å². The first kappa shape index (κ1) is 43.0. The van der Waals surface area contributed by atoms with Gasteiger partial charge in [0.1, 0.15) is 29.4 Å². The van der Waals surface area contributed by atoms with E-state index >= 15 is 0 Å². The maximum Gasteiger partial charge on any atom is 0.316 e. The molecule has 1 amide bonds. The zero-order chi connectivity index (χ0) is 40.4. The van der Waals surface area contributed by atoms with Gasteiger partial charge in [0.05, 0.1) is 37.1 Å². The number of hydrogen-bond donors (Lipinski definition) is 2. The van der Waals surface area contributed by atoms with E-state index in [1.165, 1.54) is 13.8 Å². The summed E-state index contributed by atoms with van der Waals surface area (Å²) in [7, 11) is 3.74. The summed E-state index contributed by atoms with van der Waals surface area (Å²) in [6, 6.07) is 3.26. The highest BCUT2D eigenvalue weighted by Gasteiger charge is 2.53. The molecule has 0 saturated carbocycles. The van der Waals surface area contributed by atoms with Crippen molar-refractivity contribution in [3.05, 3.63) is 30.1 Å². The van der Waals surface area contributed by atoms with Gasteiger partial charge in [-0.05, 0) is 84.7 Å². The topological polar surface area (TPSA) is 188 Å². The zero-order valence-corrected chi connectivity index (χ0v) is 33.8. The number of amides is 1. The lowest BCUT2D eigenvalue weighted by Crippen LogP contribution is -2.60. The van der Waals surface area contributed by atoms with E-state index in [1.54, 1.807) is 45.3 Å². The Kier molecular flexibility index (Phi) is 13.7. The van der Waals surface area contributed by atoms with Crippen molar-refractivity contribution in [2.45, 2.75) is 141 Å². The Morgan fingerprint density at radius 1 is 1.02 bits per heavy atom. The van der Waals surface area contributed by atoms with Gasteiger partial charge in [-0.3, -0.25) is 19.4 Å². The monoisotopic (exact) mass is 772 g/mol. The van der Waals surface area contributed by atoms with Gasteiger partial charge in [0.2, 0.25) is 6.10 Å². The number of aliphatic hydroxyl groups excluding tert-OH is 1. The van der Waals surface area contributed by atoms with Crippen LogP contribution in [0.15, 0.2) is 34.7 Å². The van der Waals surface area contributed by atoms with Gasteiger partial charge in [-0.25, -0.2) is 4.99 Å². The van der Waals surface area contributed by atoms with Crippen molar-refractivity contribution in [2.75, 3.05) is 27.3 Å². The molecule has 3 saturated heterocycles. The fraction of sp³-hybridized carbons (Fsp3) is 0.750. The summed E-state index contributed by atoms with van der Waals surface area (Å²) in [4.78, 5) is 59.1. The number of cyclic esters (lactones) is 1. The number of aliphatic hydroxyl groups is 2. The average molecular weight is 773 g/mol. The second-order valence-electron chi connectivity index (χ2n) is 16.5. The number of rotatable bonds is 6. The van der Waals surface area contributed by atoms with Crippen LogP contribution in [0.3, 0.4) is 0 Å². The Morgan fingerprint density at radius 3 is 2.36 bits per heavy atom. The van der Waals surface area contributed by atoms with E-state index < -0.39 is 89.3 Å². The third-order valence-electron chi connectivity index (χ3n) is 11.8. The van der Waals surface area contributed by atoms with Gasteiger partial charge < -0.3 is 43.6 Å². The number of likely N-dealkylation sites (N-methyl/N-ethyl adjacent to an activating group) is 1. The molecule has 0 spiro atoms. The van der Waals surface area contributed by atoms with Crippen molar-refractivity contribution >= 4 is 29.1 Å². The number of ketones is 1. The molecule has 4 aliphatic heterocycles. The van der Waals surface area contributed by atoms with E-state index in [-0.39, 0.29) is 50.3 Å². The van der Waals surface area contributed by atoms with Gasteiger partial charge in [0.25, 0.3) is 5.91 Å². The first-order valence-corrected chi connectivity index (χ1v) is 19.5. The van der Waals surface area contributed by atoms with E-state index in [4.69, 9.17) is 33.5 Å². The van der Waals surface area contributed by atoms with Crippen LogP contribution in [0.4, 0.5) is 0 Å². The van der Waals surface area contributed by atoms with Crippen LogP contribution in [0.25, 0.3) is 0 Å². The number of nitrogens with zero attached hydrogens (tertiary/aromatic N) is 4. The van der Waals surface area contributed by atoms with Crippen LogP contribution in [0.1, 0.15) is 80.2 Å². The Bertz CT molecular complexity index is 1590. The molecular weight excluding hydrogens is 712 g/mol. The fourth-order valence-corrected chi connectivity index (χ4v) is 8.66. The highest BCUT2D eigenvalue weighted by atomic mass is 16.7. The molecule has 5 heterocycles. The fourth-order valence-electron chi connectivity index (χ4n) is 8.66. The molecule has 1 aromatic heterocycles. The molecule has 4 bridgehead atoms. The summed E-state index contributed by atoms with van der Waals surface area (Å²) in [6.07, 6.45) is -2.59. The van der Waals surface area contributed by atoms with Gasteiger partial charge in [0, 0.05) is 42.4 Å². The molecular formula is C40H60N4O11. The maximum atomic E-state index is 14.4. The smallest absolute Gasteiger partial charge is 0.316 e. The Balaban J connectivity index is 1.70. The van der Waals surface area contributed by atoms with Crippen molar-refractivity contribution in [3.8, 4) is 0 Å². The first-order valence-electron chi connectivity index (χ1n) is 19.5. The second kappa shape index (κ2) is 17.5. The zero-order valence-electron chi connectivity index (χ0n) is 33.8. The van der Waals surface area contributed by atoms with E-state index in [0.717, 1.165) is 5.56 Å². The van der Waals surface area contributed by atoms with Gasteiger partial charge in [-0.1, -0.05) is 32.9 Å². The molecule has 15 heteroatoms. The molecule has 0 aromatic carbocycles. The van der Waals surface area contributed by atoms with Gasteiger partial charge >= 0.3 is 5.97 Å². The number of hydrogen-bond acceptors (Lipinski definition) is 14. The quantitative estimate of drug-likeness (QED) is 0.318. The molecule has 14 atom stereocenters. The lowest BCUT2D eigenvalue weighted by atomic mass is 9.73. The molecule has 5 rings (SSSR count). The minimum atomic E-state index is -1.82. The minimum absolute atomic E-state index is 0.162. The van der Waals surface area contributed by atoms with Crippen LogP contribution in [0.2, 0.25) is 0 Å².